The first-order chi connectivity index (χ1) is 9.56. The monoisotopic (exact) mass is 276 g/mol. The SMILES string of the molecule is COC(=O)CCn1cc2c(c1C#N)CCC(C(=O)O)C2. The summed E-state index contributed by atoms with van der Waals surface area (Å²) in [5.41, 5.74) is 2.37. The van der Waals surface area contributed by atoms with E-state index in [-0.39, 0.29) is 18.3 Å². The molecule has 106 valence electrons. The van der Waals surface area contributed by atoms with Crippen LogP contribution in [0.1, 0.15) is 29.7 Å². The Morgan fingerprint density at radius 1 is 1.60 bits per heavy atom. The van der Waals surface area contributed by atoms with E-state index in [2.05, 4.69) is 10.8 Å². The van der Waals surface area contributed by atoms with Gasteiger partial charge in [0.1, 0.15) is 11.8 Å². The summed E-state index contributed by atoms with van der Waals surface area (Å²) in [5, 5.41) is 18.3. The normalized spacial score (nSPS) is 17.1. The van der Waals surface area contributed by atoms with E-state index >= 15 is 0 Å². The van der Waals surface area contributed by atoms with Crippen LogP contribution in [0.3, 0.4) is 0 Å². The maximum Gasteiger partial charge on any atom is 0.307 e. The zero-order valence-electron chi connectivity index (χ0n) is 11.3. The Labute approximate surface area is 116 Å². The molecule has 0 bridgehead atoms. The summed E-state index contributed by atoms with van der Waals surface area (Å²) in [7, 11) is 1.33. The number of nitrogens with zero attached hydrogens (tertiary/aromatic N) is 2. The molecule has 1 N–H and O–H groups in total. The number of carboxylic acid groups (broad SMARTS) is 1. The van der Waals surface area contributed by atoms with Gasteiger partial charge in [0.15, 0.2) is 0 Å². The predicted molar refractivity (Wildman–Crippen MR) is 68.9 cm³/mol. The van der Waals surface area contributed by atoms with Crippen molar-refractivity contribution in [2.75, 3.05) is 7.11 Å². The van der Waals surface area contributed by atoms with E-state index in [0.29, 0.717) is 31.5 Å². The third-order valence-electron chi connectivity index (χ3n) is 3.72. The van der Waals surface area contributed by atoms with Gasteiger partial charge in [0.05, 0.1) is 19.4 Å². The van der Waals surface area contributed by atoms with Gasteiger partial charge in [-0.2, -0.15) is 5.26 Å². The molecule has 0 aromatic carbocycles. The zero-order valence-corrected chi connectivity index (χ0v) is 11.3. The highest BCUT2D eigenvalue weighted by Crippen LogP contribution is 2.29. The average Bonchev–Trinajstić information content (AvgIpc) is 2.80. The van der Waals surface area contributed by atoms with Crippen molar-refractivity contribution in [3.05, 3.63) is 23.0 Å². The Morgan fingerprint density at radius 3 is 2.95 bits per heavy atom. The minimum atomic E-state index is -0.795. The summed E-state index contributed by atoms with van der Waals surface area (Å²) in [6.07, 6.45) is 3.59. The Bertz CT molecular complexity index is 583. The summed E-state index contributed by atoms with van der Waals surface area (Å²) >= 11 is 0. The number of carboxylic acids is 1. The molecule has 0 amide bonds. The van der Waals surface area contributed by atoms with Crippen LogP contribution in [-0.2, 0) is 33.7 Å². The number of ether oxygens (including phenoxy) is 1. The van der Waals surface area contributed by atoms with E-state index in [9.17, 15) is 14.9 Å². The Hall–Kier alpha value is -2.29. The molecule has 1 heterocycles. The van der Waals surface area contributed by atoms with E-state index in [1.165, 1.54) is 7.11 Å². The van der Waals surface area contributed by atoms with Crippen molar-refractivity contribution in [1.82, 2.24) is 4.57 Å². The molecule has 0 saturated heterocycles. The third kappa shape index (κ3) is 2.67. The summed E-state index contributed by atoms with van der Waals surface area (Å²) in [5.74, 6) is -1.51. The van der Waals surface area contributed by atoms with E-state index in [1.807, 2.05) is 0 Å². The van der Waals surface area contributed by atoms with Gasteiger partial charge in [-0.3, -0.25) is 9.59 Å². The number of esters is 1. The maximum atomic E-state index is 11.2. The number of hydrogen-bond acceptors (Lipinski definition) is 4. The lowest BCUT2D eigenvalue weighted by atomic mass is 9.85. The second kappa shape index (κ2) is 5.78. The molecule has 20 heavy (non-hydrogen) atoms. The standard InChI is InChI=1S/C14H16N2O4/c1-20-13(17)4-5-16-8-10-6-9(14(18)19)2-3-11(10)12(16)7-15/h8-9H,2-6H2,1H3,(H,18,19). The number of nitriles is 1. The Kier molecular flexibility index (Phi) is 4.08. The molecule has 2 rings (SSSR count). The van der Waals surface area contributed by atoms with Gasteiger partial charge in [-0.15, -0.1) is 0 Å². The first kappa shape index (κ1) is 14.1. The molecule has 0 saturated carbocycles. The van der Waals surface area contributed by atoms with Gasteiger partial charge in [-0.05, 0) is 30.4 Å². The van der Waals surface area contributed by atoms with Crippen LogP contribution in [0.4, 0.5) is 0 Å². The molecule has 1 atom stereocenters. The molecule has 1 unspecified atom stereocenters. The number of fused-ring (bicyclic) bond motifs is 1. The Balaban J connectivity index is 2.22. The molecule has 1 aromatic heterocycles. The molecular formula is C14H16N2O4. The van der Waals surface area contributed by atoms with E-state index in [1.54, 1.807) is 10.8 Å². The van der Waals surface area contributed by atoms with Gasteiger partial charge in [0.25, 0.3) is 0 Å². The van der Waals surface area contributed by atoms with E-state index < -0.39 is 5.97 Å². The van der Waals surface area contributed by atoms with Crippen LogP contribution in [0.25, 0.3) is 0 Å². The summed E-state index contributed by atoms with van der Waals surface area (Å²) in [6, 6.07) is 2.15. The molecule has 1 aliphatic carbocycles. The first-order valence-electron chi connectivity index (χ1n) is 6.47. The quantitative estimate of drug-likeness (QED) is 0.832. The first-order valence-corrected chi connectivity index (χ1v) is 6.47. The number of aromatic nitrogens is 1. The number of carbonyl (C=O) groups is 2. The fourth-order valence-corrected chi connectivity index (χ4v) is 2.63. The highest BCUT2D eigenvalue weighted by molar-refractivity contribution is 5.71. The fraction of sp³-hybridized carbons (Fsp3) is 0.500. The number of aliphatic carboxylic acids is 1. The zero-order chi connectivity index (χ0) is 14.7. The van der Waals surface area contributed by atoms with Crippen LogP contribution in [0, 0.1) is 17.2 Å². The van der Waals surface area contributed by atoms with E-state index in [4.69, 9.17) is 5.11 Å². The molecule has 6 heteroatoms. The van der Waals surface area contributed by atoms with Crippen LogP contribution < -0.4 is 0 Å². The predicted octanol–water partition coefficient (Wildman–Crippen LogP) is 1.11. The van der Waals surface area contributed by atoms with Crippen molar-refractivity contribution in [2.45, 2.75) is 32.2 Å². The lowest BCUT2D eigenvalue weighted by Crippen LogP contribution is -2.21. The number of methoxy groups -OCH3 is 1. The molecule has 0 radical (unpaired) electrons. The van der Waals surface area contributed by atoms with Crippen molar-refractivity contribution in [3.63, 3.8) is 0 Å². The summed E-state index contributed by atoms with van der Waals surface area (Å²) < 4.78 is 6.31. The van der Waals surface area contributed by atoms with Crippen molar-refractivity contribution in [1.29, 1.82) is 5.26 Å². The molecule has 1 aliphatic rings. The smallest absolute Gasteiger partial charge is 0.307 e. The van der Waals surface area contributed by atoms with Gasteiger partial charge < -0.3 is 14.4 Å². The van der Waals surface area contributed by atoms with Crippen molar-refractivity contribution < 1.29 is 19.4 Å². The lowest BCUT2D eigenvalue weighted by Gasteiger charge is -2.18. The topological polar surface area (TPSA) is 92.3 Å². The number of rotatable bonds is 4. The fourth-order valence-electron chi connectivity index (χ4n) is 2.63. The van der Waals surface area contributed by atoms with Gasteiger partial charge in [-0.1, -0.05) is 0 Å². The second-order valence-electron chi connectivity index (χ2n) is 4.89. The van der Waals surface area contributed by atoms with Crippen molar-refractivity contribution in [3.8, 4) is 6.07 Å². The molecule has 0 spiro atoms. The largest absolute Gasteiger partial charge is 0.481 e. The van der Waals surface area contributed by atoms with Crippen molar-refractivity contribution >= 4 is 11.9 Å². The molecular weight excluding hydrogens is 260 g/mol. The summed E-state index contributed by atoms with van der Waals surface area (Å²) in [6.45, 7) is 0.375. The average molecular weight is 276 g/mol. The highest BCUT2D eigenvalue weighted by atomic mass is 16.5. The maximum absolute atomic E-state index is 11.2. The number of hydrogen-bond donors (Lipinski definition) is 1. The minimum Gasteiger partial charge on any atom is -0.481 e. The van der Waals surface area contributed by atoms with Crippen LogP contribution in [-0.4, -0.2) is 28.7 Å². The lowest BCUT2D eigenvalue weighted by molar-refractivity contribution is -0.142. The van der Waals surface area contributed by atoms with Crippen LogP contribution in [0.2, 0.25) is 0 Å². The summed E-state index contributed by atoms with van der Waals surface area (Å²) in [4.78, 5) is 22.2. The van der Waals surface area contributed by atoms with Gasteiger partial charge in [0.2, 0.25) is 0 Å². The minimum absolute atomic E-state index is 0.196. The van der Waals surface area contributed by atoms with Crippen molar-refractivity contribution in [2.24, 2.45) is 5.92 Å². The van der Waals surface area contributed by atoms with Crippen LogP contribution in [0.5, 0.6) is 0 Å². The number of carbonyl (C=O) groups excluding carboxylic acids is 1. The molecule has 0 aliphatic heterocycles. The Morgan fingerprint density at radius 2 is 2.35 bits per heavy atom. The van der Waals surface area contributed by atoms with E-state index in [0.717, 1.165) is 11.1 Å². The molecule has 1 aromatic rings. The third-order valence-corrected chi connectivity index (χ3v) is 3.72. The van der Waals surface area contributed by atoms with Gasteiger partial charge in [0, 0.05) is 12.7 Å². The van der Waals surface area contributed by atoms with Gasteiger partial charge in [-0.25, -0.2) is 0 Å². The van der Waals surface area contributed by atoms with Gasteiger partial charge >= 0.3 is 11.9 Å². The second-order valence-corrected chi connectivity index (χ2v) is 4.89. The molecule has 0 fully saturated rings. The number of aryl methyl sites for hydroxylation is 1. The molecule has 6 nitrogen and oxygen atoms in total. The van der Waals surface area contributed by atoms with Crippen LogP contribution >= 0.6 is 0 Å². The van der Waals surface area contributed by atoms with Crippen LogP contribution in [0.15, 0.2) is 6.20 Å². The highest BCUT2D eigenvalue weighted by Gasteiger charge is 2.28.